The first kappa shape index (κ1) is 14.1. The first-order valence-electron chi connectivity index (χ1n) is 5.73. The van der Waals surface area contributed by atoms with Gasteiger partial charge in [-0.15, -0.1) is 6.58 Å². The van der Waals surface area contributed by atoms with Crippen molar-refractivity contribution < 1.29 is 14.3 Å². The van der Waals surface area contributed by atoms with E-state index in [2.05, 4.69) is 11.9 Å². The average molecular weight is 249 g/mol. The van der Waals surface area contributed by atoms with E-state index in [1.807, 2.05) is 31.2 Å². The number of carbonyl (C=O) groups is 1. The van der Waals surface area contributed by atoms with Crippen LogP contribution in [0.2, 0.25) is 0 Å². The fraction of sp³-hybridized carbons (Fsp3) is 0.357. The molecule has 0 aliphatic rings. The molecule has 0 spiro atoms. The van der Waals surface area contributed by atoms with Crippen molar-refractivity contribution >= 4 is 11.7 Å². The van der Waals surface area contributed by atoms with E-state index in [0.717, 1.165) is 11.4 Å². The molecule has 1 N–H and O–H groups in total. The van der Waals surface area contributed by atoms with Crippen molar-refractivity contribution in [3.63, 3.8) is 0 Å². The van der Waals surface area contributed by atoms with Crippen molar-refractivity contribution in [1.29, 1.82) is 0 Å². The molecule has 0 radical (unpaired) electrons. The molecule has 0 heterocycles. The Morgan fingerprint density at radius 1 is 1.33 bits per heavy atom. The van der Waals surface area contributed by atoms with Crippen LogP contribution in [-0.2, 0) is 9.53 Å². The molecule has 98 valence electrons. The smallest absolute Gasteiger partial charge is 0.314 e. The number of rotatable bonds is 6. The van der Waals surface area contributed by atoms with Gasteiger partial charge in [0.25, 0.3) is 0 Å². The van der Waals surface area contributed by atoms with E-state index in [-0.39, 0.29) is 17.9 Å². The molecule has 0 aromatic heterocycles. The molecule has 0 aliphatic carbocycles. The topological polar surface area (TPSA) is 47.6 Å². The molecule has 1 rings (SSSR count). The molecule has 0 amide bonds. The molecule has 0 bridgehead atoms. The summed E-state index contributed by atoms with van der Waals surface area (Å²) in [5, 5.41) is 3.23. The Kier molecular flexibility index (Phi) is 5.24. The van der Waals surface area contributed by atoms with Crippen LogP contribution in [-0.4, -0.2) is 26.2 Å². The van der Waals surface area contributed by atoms with Crippen LogP contribution >= 0.6 is 0 Å². The third-order valence-corrected chi connectivity index (χ3v) is 2.75. The lowest BCUT2D eigenvalue weighted by atomic mass is 10.0. The monoisotopic (exact) mass is 249 g/mol. The maximum Gasteiger partial charge on any atom is 0.314 e. The van der Waals surface area contributed by atoms with Crippen molar-refractivity contribution in [2.45, 2.75) is 13.0 Å². The molecular formula is C14H19NO3. The zero-order chi connectivity index (χ0) is 13.5. The van der Waals surface area contributed by atoms with Crippen LogP contribution in [0, 0.1) is 5.92 Å². The zero-order valence-electron chi connectivity index (χ0n) is 11.0. The first-order valence-corrected chi connectivity index (χ1v) is 5.73. The van der Waals surface area contributed by atoms with Crippen LogP contribution in [0.3, 0.4) is 0 Å². The highest BCUT2D eigenvalue weighted by atomic mass is 16.5. The van der Waals surface area contributed by atoms with Crippen LogP contribution in [0.1, 0.15) is 6.92 Å². The highest BCUT2D eigenvalue weighted by Gasteiger charge is 2.22. The second-order valence-electron chi connectivity index (χ2n) is 3.95. The van der Waals surface area contributed by atoms with E-state index in [0.29, 0.717) is 0 Å². The number of methoxy groups -OCH3 is 2. The Labute approximate surface area is 108 Å². The van der Waals surface area contributed by atoms with E-state index in [1.54, 1.807) is 13.2 Å². The SMILES string of the molecule is C=CC(C(=O)OC)C(C)Nc1ccc(OC)cc1. The first-order chi connectivity index (χ1) is 8.62. The van der Waals surface area contributed by atoms with Crippen molar-refractivity contribution in [2.24, 2.45) is 5.92 Å². The quantitative estimate of drug-likeness (QED) is 0.621. The number of ether oxygens (including phenoxy) is 2. The molecule has 2 atom stereocenters. The maximum absolute atomic E-state index is 11.5. The second-order valence-corrected chi connectivity index (χ2v) is 3.95. The van der Waals surface area contributed by atoms with E-state index < -0.39 is 0 Å². The Morgan fingerprint density at radius 3 is 2.39 bits per heavy atom. The molecule has 18 heavy (non-hydrogen) atoms. The predicted molar refractivity (Wildman–Crippen MR) is 71.8 cm³/mol. The van der Waals surface area contributed by atoms with Gasteiger partial charge >= 0.3 is 5.97 Å². The van der Waals surface area contributed by atoms with Crippen LogP contribution in [0.25, 0.3) is 0 Å². The predicted octanol–water partition coefficient (Wildman–Crippen LogP) is 2.47. The third kappa shape index (κ3) is 3.52. The van der Waals surface area contributed by atoms with Crippen LogP contribution < -0.4 is 10.1 Å². The number of benzene rings is 1. The van der Waals surface area contributed by atoms with Gasteiger partial charge in [0.2, 0.25) is 0 Å². The standard InChI is InChI=1S/C14H19NO3/c1-5-13(14(16)18-4)10(2)15-11-6-8-12(17-3)9-7-11/h5-10,13,15H,1H2,2-4H3. The number of nitrogens with one attached hydrogen (secondary N) is 1. The molecule has 0 fully saturated rings. The summed E-state index contributed by atoms with van der Waals surface area (Å²) >= 11 is 0. The Hall–Kier alpha value is -1.97. The fourth-order valence-corrected chi connectivity index (χ4v) is 1.68. The summed E-state index contributed by atoms with van der Waals surface area (Å²) in [7, 11) is 3.00. The van der Waals surface area contributed by atoms with Gasteiger partial charge in [0.05, 0.1) is 20.1 Å². The summed E-state index contributed by atoms with van der Waals surface area (Å²) in [5.74, 6) is 0.122. The maximum atomic E-state index is 11.5. The lowest BCUT2D eigenvalue weighted by Gasteiger charge is -2.21. The lowest BCUT2D eigenvalue weighted by molar-refractivity contribution is -0.144. The van der Waals surface area contributed by atoms with Gasteiger partial charge in [-0.2, -0.15) is 0 Å². The van der Waals surface area contributed by atoms with Gasteiger partial charge in [0.1, 0.15) is 5.75 Å². The van der Waals surface area contributed by atoms with E-state index >= 15 is 0 Å². The van der Waals surface area contributed by atoms with Crippen LogP contribution in [0.4, 0.5) is 5.69 Å². The molecule has 0 saturated carbocycles. The molecule has 0 aliphatic heterocycles. The Bertz CT molecular complexity index is 400. The minimum atomic E-state index is -0.378. The molecule has 0 saturated heterocycles. The number of hydrogen-bond acceptors (Lipinski definition) is 4. The normalized spacial score (nSPS) is 13.3. The van der Waals surface area contributed by atoms with Gasteiger partial charge in [-0.25, -0.2) is 0 Å². The van der Waals surface area contributed by atoms with Gasteiger partial charge in [-0.05, 0) is 31.2 Å². The lowest BCUT2D eigenvalue weighted by Crippen LogP contribution is -2.31. The van der Waals surface area contributed by atoms with Gasteiger partial charge in [-0.1, -0.05) is 6.08 Å². The molecule has 1 aromatic carbocycles. The number of hydrogen-bond donors (Lipinski definition) is 1. The van der Waals surface area contributed by atoms with E-state index in [4.69, 9.17) is 9.47 Å². The minimum absolute atomic E-state index is 0.0941. The second kappa shape index (κ2) is 6.69. The van der Waals surface area contributed by atoms with E-state index in [1.165, 1.54) is 7.11 Å². The summed E-state index contributed by atoms with van der Waals surface area (Å²) < 4.78 is 9.81. The zero-order valence-corrected chi connectivity index (χ0v) is 11.0. The molecule has 2 unspecified atom stereocenters. The van der Waals surface area contributed by atoms with Crippen molar-refractivity contribution in [1.82, 2.24) is 0 Å². The van der Waals surface area contributed by atoms with Gasteiger partial charge < -0.3 is 14.8 Å². The van der Waals surface area contributed by atoms with Gasteiger partial charge in [-0.3, -0.25) is 4.79 Å². The summed E-state index contributed by atoms with van der Waals surface area (Å²) in [4.78, 5) is 11.5. The van der Waals surface area contributed by atoms with Crippen LogP contribution in [0.15, 0.2) is 36.9 Å². The van der Waals surface area contributed by atoms with Crippen molar-refractivity contribution in [3.05, 3.63) is 36.9 Å². The van der Waals surface area contributed by atoms with Gasteiger partial charge in [0.15, 0.2) is 0 Å². The molecular weight excluding hydrogens is 230 g/mol. The molecule has 1 aromatic rings. The van der Waals surface area contributed by atoms with E-state index in [9.17, 15) is 4.79 Å². The highest BCUT2D eigenvalue weighted by Crippen LogP contribution is 2.18. The largest absolute Gasteiger partial charge is 0.497 e. The summed E-state index contributed by atoms with van der Waals surface area (Å²) in [6.45, 7) is 5.57. The highest BCUT2D eigenvalue weighted by molar-refractivity contribution is 5.75. The Morgan fingerprint density at radius 2 is 1.94 bits per heavy atom. The Balaban J connectivity index is 2.69. The molecule has 4 nitrogen and oxygen atoms in total. The average Bonchev–Trinajstić information content (AvgIpc) is 2.40. The summed E-state index contributed by atoms with van der Waals surface area (Å²) in [6, 6.07) is 7.41. The van der Waals surface area contributed by atoms with Gasteiger partial charge in [0, 0.05) is 11.7 Å². The van der Waals surface area contributed by atoms with Crippen molar-refractivity contribution in [2.75, 3.05) is 19.5 Å². The summed E-state index contributed by atoms with van der Waals surface area (Å²) in [5.41, 5.74) is 0.916. The minimum Gasteiger partial charge on any atom is -0.497 e. The number of esters is 1. The molecule has 4 heteroatoms. The third-order valence-electron chi connectivity index (χ3n) is 2.75. The van der Waals surface area contributed by atoms with Crippen molar-refractivity contribution in [3.8, 4) is 5.75 Å². The number of anilines is 1. The summed E-state index contributed by atoms with van der Waals surface area (Å²) in [6.07, 6.45) is 1.59. The van der Waals surface area contributed by atoms with Crippen LogP contribution in [0.5, 0.6) is 5.75 Å². The number of carbonyl (C=O) groups excluding carboxylic acids is 1. The fourth-order valence-electron chi connectivity index (χ4n) is 1.68.